The number of guanidine groups is 1. The number of aliphatic imine (C=N–C) groups is 1. The van der Waals surface area contributed by atoms with E-state index < -0.39 is 0 Å². The van der Waals surface area contributed by atoms with E-state index in [1.807, 2.05) is 54.4 Å². The molecule has 1 aliphatic carbocycles. The van der Waals surface area contributed by atoms with Crippen LogP contribution in [0.2, 0.25) is 0 Å². The van der Waals surface area contributed by atoms with Crippen LogP contribution in [-0.2, 0) is 13.1 Å². The SMILES string of the molecule is CN(C(=O)N(Cc1ccc(CN=C(N)N)cc1)CC1CCCCC1)c1ccccc1. The van der Waals surface area contributed by atoms with E-state index in [2.05, 4.69) is 17.1 Å². The third kappa shape index (κ3) is 6.24. The smallest absolute Gasteiger partial charge is 0.324 e. The molecule has 0 heterocycles. The maximum atomic E-state index is 13.4. The minimum atomic E-state index is 0.0383. The van der Waals surface area contributed by atoms with Crippen molar-refractivity contribution in [2.24, 2.45) is 22.4 Å². The van der Waals surface area contributed by atoms with Crippen LogP contribution < -0.4 is 16.4 Å². The van der Waals surface area contributed by atoms with Gasteiger partial charge in [-0.2, -0.15) is 0 Å². The van der Waals surface area contributed by atoms with Crippen LogP contribution in [-0.4, -0.2) is 30.5 Å². The molecule has 1 saturated carbocycles. The number of rotatable bonds is 7. The molecular formula is C24H33N5O. The van der Waals surface area contributed by atoms with Gasteiger partial charge in [0.2, 0.25) is 0 Å². The summed E-state index contributed by atoms with van der Waals surface area (Å²) >= 11 is 0. The van der Waals surface area contributed by atoms with E-state index in [1.165, 1.54) is 32.1 Å². The van der Waals surface area contributed by atoms with Crippen LogP contribution in [0.25, 0.3) is 0 Å². The Bertz CT molecular complexity index is 824. The van der Waals surface area contributed by atoms with Crippen molar-refractivity contribution in [3.63, 3.8) is 0 Å². The van der Waals surface area contributed by atoms with Gasteiger partial charge >= 0.3 is 6.03 Å². The van der Waals surface area contributed by atoms with Gasteiger partial charge in [-0.05, 0) is 42.0 Å². The maximum absolute atomic E-state index is 13.4. The third-order valence-electron chi connectivity index (χ3n) is 5.74. The van der Waals surface area contributed by atoms with Gasteiger partial charge in [-0.1, -0.05) is 61.7 Å². The molecule has 30 heavy (non-hydrogen) atoms. The van der Waals surface area contributed by atoms with Crippen molar-refractivity contribution >= 4 is 17.7 Å². The first-order chi connectivity index (χ1) is 14.5. The molecule has 1 fully saturated rings. The van der Waals surface area contributed by atoms with Gasteiger partial charge in [0.15, 0.2) is 5.96 Å². The van der Waals surface area contributed by atoms with E-state index >= 15 is 0 Å². The van der Waals surface area contributed by atoms with Crippen molar-refractivity contribution in [3.8, 4) is 0 Å². The summed E-state index contributed by atoms with van der Waals surface area (Å²) in [6.07, 6.45) is 6.25. The number of nitrogens with zero attached hydrogens (tertiary/aromatic N) is 3. The Balaban J connectivity index is 1.73. The minimum absolute atomic E-state index is 0.0383. The fraction of sp³-hybridized carbons (Fsp3) is 0.417. The zero-order valence-corrected chi connectivity index (χ0v) is 17.8. The van der Waals surface area contributed by atoms with Crippen LogP contribution in [0.4, 0.5) is 10.5 Å². The van der Waals surface area contributed by atoms with Crippen molar-refractivity contribution in [1.82, 2.24) is 4.90 Å². The van der Waals surface area contributed by atoms with Gasteiger partial charge in [0.25, 0.3) is 0 Å². The predicted molar refractivity (Wildman–Crippen MR) is 123 cm³/mol. The second-order valence-electron chi connectivity index (χ2n) is 8.12. The van der Waals surface area contributed by atoms with Gasteiger partial charge in [0.05, 0.1) is 6.54 Å². The summed E-state index contributed by atoms with van der Waals surface area (Å²) in [5.41, 5.74) is 13.9. The number of amides is 2. The number of hydrogen-bond acceptors (Lipinski definition) is 2. The number of para-hydroxylation sites is 1. The monoisotopic (exact) mass is 407 g/mol. The molecule has 0 aromatic heterocycles. The number of carbonyl (C=O) groups excluding carboxylic acids is 1. The van der Waals surface area contributed by atoms with E-state index in [4.69, 9.17) is 11.5 Å². The lowest BCUT2D eigenvalue weighted by Crippen LogP contribution is -2.43. The van der Waals surface area contributed by atoms with Gasteiger partial charge < -0.3 is 16.4 Å². The number of nitrogens with two attached hydrogens (primary N) is 2. The zero-order valence-electron chi connectivity index (χ0n) is 17.8. The molecule has 0 unspecified atom stereocenters. The molecule has 0 atom stereocenters. The molecule has 0 saturated heterocycles. The number of hydrogen-bond donors (Lipinski definition) is 2. The molecule has 4 N–H and O–H groups in total. The van der Waals surface area contributed by atoms with Gasteiger partial charge in [-0.25, -0.2) is 9.79 Å². The van der Waals surface area contributed by atoms with E-state index in [9.17, 15) is 4.79 Å². The van der Waals surface area contributed by atoms with Crippen LogP contribution in [0.3, 0.4) is 0 Å². The Kier molecular flexibility index (Phi) is 7.71. The largest absolute Gasteiger partial charge is 0.370 e. The zero-order chi connectivity index (χ0) is 21.3. The van der Waals surface area contributed by atoms with Crippen molar-refractivity contribution in [1.29, 1.82) is 0 Å². The molecule has 3 rings (SSSR count). The summed E-state index contributed by atoms with van der Waals surface area (Å²) in [5.74, 6) is 0.667. The molecule has 1 aliphatic rings. The van der Waals surface area contributed by atoms with Gasteiger partial charge in [-0.3, -0.25) is 4.90 Å². The molecule has 2 aromatic carbocycles. The molecule has 6 nitrogen and oxygen atoms in total. The topological polar surface area (TPSA) is 88.0 Å². The van der Waals surface area contributed by atoms with Crippen molar-refractivity contribution < 1.29 is 4.79 Å². The number of carbonyl (C=O) groups is 1. The molecule has 0 bridgehead atoms. The van der Waals surface area contributed by atoms with E-state index in [-0.39, 0.29) is 12.0 Å². The van der Waals surface area contributed by atoms with E-state index in [0.29, 0.717) is 19.0 Å². The van der Waals surface area contributed by atoms with Gasteiger partial charge in [-0.15, -0.1) is 0 Å². The van der Waals surface area contributed by atoms with Crippen LogP contribution in [0.15, 0.2) is 59.6 Å². The Morgan fingerprint density at radius 1 is 0.967 bits per heavy atom. The summed E-state index contributed by atoms with van der Waals surface area (Å²) in [6, 6.07) is 18.0. The summed E-state index contributed by atoms with van der Waals surface area (Å²) in [5, 5.41) is 0. The molecular weight excluding hydrogens is 374 g/mol. The van der Waals surface area contributed by atoms with Crippen LogP contribution in [0, 0.1) is 5.92 Å². The van der Waals surface area contributed by atoms with Crippen LogP contribution >= 0.6 is 0 Å². The lowest BCUT2D eigenvalue weighted by atomic mass is 9.89. The van der Waals surface area contributed by atoms with Crippen molar-refractivity contribution in [3.05, 3.63) is 65.7 Å². The summed E-state index contributed by atoms with van der Waals surface area (Å²) in [4.78, 5) is 21.2. The first-order valence-electron chi connectivity index (χ1n) is 10.7. The summed E-state index contributed by atoms with van der Waals surface area (Å²) in [6.45, 7) is 1.85. The molecule has 2 amide bonds. The van der Waals surface area contributed by atoms with Crippen molar-refractivity contribution in [2.45, 2.75) is 45.2 Å². The Morgan fingerprint density at radius 2 is 1.60 bits per heavy atom. The molecule has 160 valence electrons. The van der Waals surface area contributed by atoms with E-state index in [0.717, 1.165) is 23.4 Å². The molecule has 6 heteroatoms. The first-order valence-corrected chi connectivity index (χ1v) is 10.7. The highest BCUT2D eigenvalue weighted by atomic mass is 16.2. The summed E-state index contributed by atoms with van der Waals surface area (Å²) in [7, 11) is 1.85. The standard InChI is InChI=1S/C24H33N5O/c1-28(22-10-6-3-7-11-22)24(30)29(17-20-8-4-2-5-9-20)18-21-14-12-19(13-15-21)16-27-23(25)26/h3,6-7,10-15,20H,2,4-5,8-9,16-18H2,1H3,(H4,25,26,27). The number of benzene rings is 2. The van der Waals surface area contributed by atoms with Crippen molar-refractivity contribution in [2.75, 3.05) is 18.5 Å². The Hall–Kier alpha value is -3.02. The van der Waals surface area contributed by atoms with Gasteiger partial charge in [0.1, 0.15) is 0 Å². The second kappa shape index (κ2) is 10.7. The molecule has 0 radical (unpaired) electrons. The maximum Gasteiger partial charge on any atom is 0.324 e. The number of urea groups is 1. The molecule has 0 spiro atoms. The predicted octanol–water partition coefficient (Wildman–Crippen LogP) is 4.10. The van der Waals surface area contributed by atoms with E-state index in [1.54, 1.807) is 4.90 Å². The summed E-state index contributed by atoms with van der Waals surface area (Å²) < 4.78 is 0. The average Bonchev–Trinajstić information content (AvgIpc) is 2.78. The normalized spacial score (nSPS) is 14.2. The highest BCUT2D eigenvalue weighted by Gasteiger charge is 2.24. The Morgan fingerprint density at radius 3 is 2.23 bits per heavy atom. The first kappa shape index (κ1) is 21.7. The highest BCUT2D eigenvalue weighted by Crippen LogP contribution is 2.26. The minimum Gasteiger partial charge on any atom is -0.370 e. The Labute approximate surface area is 179 Å². The third-order valence-corrected chi connectivity index (χ3v) is 5.74. The fourth-order valence-electron chi connectivity index (χ4n) is 4.02. The lowest BCUT2D eigenvalue weighted by molar-refractivity contribution is 0.182. The van der Waals surface area contributed by atoms with Crippen LogP contribution in [0.5, 0.6) is 0 Å². The highest BCUT2D eigenvalue weighted by molar-refractivity contribution is 5.91. The average molecular weight is 408 g/mol. The quantitative estimate of drug-likeness (QED) is 0.535. The molecule has 2 aromatic rings. The number of anilines is 1. The second-order valence-corrected chi connectivity index (χ2v) is 8.12. The lowest BCUT2D eigenvalue weighted by Gasteiger charge is -2.33. The fourth-order valence-corrected chi connectivity index (χ4v) is 4.02. The van der Waals surface area contributed by atoms with Crippen LogP contribution in [0.1, 0.15) is 43.2 Å². The van der Waals surface area contributed by atoms with Gasteiger partial charge in [0, 0.05) is 25.8 Å². The molecule has 0 aliphatic heterocycles.